The third kappa shape index (κ3) is 3.32. The Morgan fingerprint density at radius 2 is 1.58 bits per heavy atom. The largest absolute Gasteiger partial charge is 0.455 e. The average Bonchev–Trinajstić information content (AvgIpc) is 2.42. The van der Waals surface area contributed by atoms with Gasteiger partial charge in [-0.1, -0.05) is 30.3 Å². The molecule has 0 aliphatic rings. The highest BCUT2D eigenvalue weighted by Crippen LogP contribution is 2.28. The quantitative estimate of drug-likeness (QED) is 0.823. The number of anilines is 1. The first kappa shape index (κ1) is 12.6. The fourth-order valence-electron chi connectivity index (χ4n) is 1.46. The number of nitrogens with two attached hydrogens (primary N) is 1. The first-order valence-corrected chi connectivity index (χ1v) is 5.59. The van der Waals surface area contributed by atoms with E-state index in [9.17, 15) is 9.59 Å². The van der Waals surface area contributed by atoms with Crippen LogP contribution in [0, 0.1) is 0 Å². The van der Waals surface area contributed by atoms with Crippen LogP contribution in [-0.4, -0.2) is 11.8 Å². The van der Waals surface area contributed by atoms with Crippen molar-refractivity contribution in [2.45, 2.75) is 0 Å². The fraction of sp³-hybridized carbons (Fsp3) is 0. The molecule has 0 saturated heterocycles. The molecule has 2 aromatic carbocycles. The number of ether oxygens (including phenoxy) is 1. The molecule has 0 bridgehead atoms. The zero-order valence-corrected chi connectivity index (χ0v) is 10.00. The first-order valence-electron chi connectivity index (χ1n) is 5.59. The van der Waals surface area contributed by atoms with Gasteiger partial charge in [-0.25, -0.2) is 0 Å². The molecular formula is C14H12N2O3. The molecule has 2 amide bonds. The molecular weight excluding hydrogens is 244 g/mol. The predicted octanol–water partition coefficient (Wildman–Crippen LogP) is 1.90. The van der Waals surface area contributed by atoms with Crippen molar-refractivity contribution in [3.05, 3.63) is 54.6 Å². The number of rotatable bonds is 3. The van der Waals surface area contributed by atoms with E-state index in [1.54, 1.807) is 36.4 Å². The molecule has 5 heteroatoms. The van der Waals surface area contributed by atoms with Crippen molar-refractivity contribution in [1.82, 2.24) is 0 Å². The van der Waals surface area contributed by atoms with Gasteiger partial charge >= 0.3 is 11.8 Å². The molecule has 0 radical (unpaired) electrons. The maximum absolute atomic E-state index is 11.3. The molecule has 0 atom stereocenters. The first-order chi connectivity index (χ1) is 9.16. The maximum Gasteiger partial charge on any atom is 0.313 e. The van der Waals surface area contributed by atoms with E-state index in [1.807, 2.05) is 18.2 Å². The van der Waals surface area contributed by atoms with Crippen LogP contribution in [0.1, 0.15) is 0 Å². The van der Waals surface area contributed by atoms with E-state index < -0.39 is 11.8 Å². The summed E-state index contributed by atoms with van der Waals surface area (Å²) in [5.74, 6) is -0.870. The zero-order valence-electron chi connectivity index (χ0n) is 10.00. The van der Waals surface area contributed by atoms with E-state index in [0.717, 1.165) is 0 Å². The second kappa shape index (κ2) is 5.68. The minimum Gasteiger partial charge on any atom is -0.455 e. The highest BCUT2D eigenvalue weighted by molar-refractivity contribution is 6.39. The summed E-state index contributed by atoms with van der Waals surface area (Å²) >= 11 is 0. The molecule has 0 saturated carbocycles. The number of carbonyl (C=O) groups is 2. The molecule has 0 aromatic heterocycles. The molecule has 0 spiro atoms. The van der Waals surface area contributed by atoms with Gasteiger partial charge in [-0.3, -0.25) is 9.59 Å². The Kier molecular flexibility index (Phi) is 3.78. The lowest BCUT2D eigenvalue weighted by molar-refractivity contribution is -0.134. The third-order valence-electron chi connectivity index (χ3n) is 2.33. The van der Waals surface area contributed by atoms with Gasteiger partial charge in [0.1, 0.15) is 5.75 Å². The predicted molar refractivity (Wildman–Crippen MR) is 70.8 cm³/mol. The van der Waals surface area contributed by atoms with Crippen molar-refractivity contribution >= 4 is 17.5 Å². The molecule has 0 aliphatic heterocycles. The summed E-state index contributed by atoms with van der Waals surface area (Å²) in [6, 6.07) is 15.9. The Bertz CT molecular complexity index is 597. The summed E-state index contributed by atoms with van der Waals surface area (Å²) in [5, 5.41) is 2.39. The Labute approximate surface area is 110 Å². The highest BCUT2D eigenvalue weighted by Gasteiger charge is 2.12. The Balaban J connectivity index is 2.21. The zero-order chi connectivity index (χ0) is 13.7. The number of nitrogens with one attached hydrogen (secondary N) is 1. The fourth-order valence-corrected chi connectivity index (χ4v) is 1.46. The van der Waals surface area contributed by atoms with E-state index in [0.29, 0.717) is 17.2 Å². The molecule has 0 aliphatic carbocycles. The Morgan fingerprint density at radius 3 is 2.26 bits per heavy atom. The normalized spacial score (nSPS) is 9.68. The van der Waals surface area contributed by atoms with Crippen LogP contribution in [0.5, 0.6) is 11.5 Å². The van der Waals surface area contributed by atoms with Gasteiger partial charge in [-0.05, 0) is 24.3 Å². The van der Waals surface area contributed by atoms with Crippen LogP contribution in [-0.2, 0) is 9.59 Å². The molecule has 2 rings (SSSR count). The van der Waals surface area contributed by atoms with Crippen molar-refractivity contribution in [1.29, 1.82) is 0 Å². The maximum atomic E-state index is 11.3. The molecule has 0 heterocycles. The number of benzene rings is 2. The van der Waals surface area contributed by atoms with Crippen LogP contribution in [0.25, 0.3) is 0 Å². The standard InChI is InChI=1S/C14H12N2O3/c15-13(17)14(18)16-11-8-4-5-9-12(11)19-10-6-2-1-3-7-10/h1-9H,(H2,15,17)(H,16,18). The topological polar surface area (TPSA) is 81.4 Å². The summed E-state index contributed by atoms with van der Waals surface area (Å²) in [5.41, 5.74) is 5.28. The van der Waals surface area contributed by atoms with Gasteiger partial charge in [0.05, 0.1) is 5.69 Å². The van der Waals surface area contributed by atoms with Gasteiger partial charge in [-0.2, -0.15) is 0 Å². The van der Waals surface area contributed by atoms with Crippen LogP contribution in [0.15, 0.2) is 54.6 Å². The van der Waals surface area contributed by atoms with Gasteiger partial charge in [-0.15, -0.1) is 0 Å². The van der Waals surface area contributed by atoms with E-state index in [2.05, 4.69) is 5.32 Å². The monoisotopic (exact) mass is 256 g/mol. The lowest BCUT2D eigenvalue weighted by Gasteiger charge is -2.11. The highest BCUT2D eigenvalue weighted by atomic mass is 16.5. The number of amides is 2. The molecule has 19 heavy (non-hydrogen) atoms. The van der Waals surface area contributed by atoms with Gasteiger partial charge in [0.15, 0.2) is 5.75 Å². The third-order valence-corrected chi connectivity index (χ3v) is 2.33. The van der Waals surface area contributed by atoms with Crippen LogP contribution in [0.2, 0.25) is 0 Å². The minimum atomic E-state index is -1.05. The molecule has 0 fully saturated rings. The van der Waals surface area contributed by atoms with Crippen LogP contribution in [0.4, 0.5) is 5.69 Å². The number of primary amides is 1. The minimum absolute atomic E-state index is 0.384. The van der Waals surface area contributed by atoms with E-state index >= 15 is 0 Å². The van der Waals surface area contributed by atoms with Gasteiger partial charge in [0.25, 0.3) is 0 Å². The summed E-state index contributed by atoms with van der Waals surface area (Å²) in [6.07, 6.45) is 0. The van der Waals surface area contributed by atoms with E-state index in [1.165, 1.54) is 0 Å². The van der Waals surface area contributed by atoms with Crippen LogP contribution < -0.4 is 15.8 Å². The number of hydrogen-bond acceptors (Lipinski definition) is 3. The summed E-state index contributed by atoms with van der Waals surface area (Å²) in [6.45, 7) is 0. The molecule has 3 N–H and O–H groups in total. The molecule has 5 nitrogen and oxygen atoms in total. The summed E-state index contributed by atoms with van der Waals surface area (Å²) < 4.78 is 5.62. The number of para-hydroxylation sites is 3. The van der Waals surface area contributed by atoms with Crippen molar-refractivity contribution in [3.8, 4) is 11.5 Å². The van der Waals surface area contributed by atoms with Gasteiger partial charge in [0.2, 0.25) is 0 Å². The second-order valence-electron chi connectivity index (χ2n) is 3.73. The van der Waals surface area contributed by atoms with Crippen LogP contribution >= 0.6 is 0 Å². The van der Waals surface area contributed by atoms with Crippen molar-refractivity contribution in [3.63, 3.8) is 0 Å². The van der Waals surface area contributed by atoms with Gasteiger partial charge < -0.3 is 15.8 Å². The summed E-state index contributed by atoms with van der Waals surface area (Å²) in [7, 11) is 0. The van der Waals surface area contributed by atoms with E-state index in [-0.39, 0.29) is 0 Å². The van der Waals surface area contributed by atoms with Crippen molar-refractivity contribution in [2.75, 3.05) is 5.32 Å². The van der Waals surface area contributed by atoms with Gasteiger partial charge in [0, 0.05) is 0 Å². The Hall–Kier alpha value is -2.82. The summed E-state index contributed by atoms with van der Waals surface area (Å²) in [4.78, 5) is 22.0. The molecule has 2 aromatic rings. The van der Waals surface area contributed by atoms with E-state index in [4.69, 9.17) is 10.5 Å². The second-order valence-corrected chi connectivity index (χ2v) is 3.73. The molecule has 96 valence electrons. The Morgan fingerprint density at radius 1 is 0.947 bits per heavy atom. The van der Waals surface area contributed by atoms with Crippen molar-refractivity contribution in [2.24, 2.45) is 5.73 Å². The smallest absolute Gasteiger partial charge is 0.313 e. The lowest BCUT2D eigenvalue weighted by Crippen LogP contribution is -2.29. The van der Waals surface area contributed by atoms with Crippen LogP contribution in [0.3, 0.4) is 0 Å². The number of carbonyl (C=O) groups excluding carboxylic acids is 2. The molecule has 0 unspecified atom stereocenters. The number of hydrogen-bond donors (Lipinski definition) is 2. The van der Waals surface area contributed by atoms with Crippen molar-refractivity contribution < 1.29 is 14.3 Å². The average molecular weight is 256 g/mol. The SMILES string of the molecule is NC(=O)C(=O)Nc1ccccc1Oc1ccccc1. The lowest BCUT2D eigenvalue weighted by atomic mass is 10.3.